The Morgan fingerprint density at radius 1 is 1.12 bits per heavy atom. The summed E-state index contributed by atoms with van der Waals surface area (Å²) in [5, 5.41) is 3.32. The first-order valence-corrected chi connectivity index (χ1v) is 7.57. The fraction of sp³-hybridized carbons (Fsp3) is 0.0556. The molecule has 0 saturated carbocycles. The van der Waals surface area contributed by atoms with Gasteiger partial charge in [0, 0.05) is 29.7 Å². The molecule has 0 saturated heterocycles. The fourth-order valence-corrected chi connectivity index (χ4v) is 2.39. The van der Waals surface area contributed by atoms with E-state index in [1.807, 2.05) is 0 Å². The number of carbonyl (C=O) groups excluding carboxylic acids is 1. The molecule has 0 spiro atoms. The number of aromatic nitrogens is 2. The van der Waals surface area contributed by atoms with Crippen molar-refractivity contribution in [3.63, 3.8) is 0 Å². The Labute approximate surface area is 144 Å². The number of anilines is 1. The van der Waals surface area contributed by atoms with Gasteiger partial charge >= 0.3 is 0 Å². The number of nitrogens with one attached hydrogen (secondary N) is 1. The molecule has 3 rings (SSSR count). The average molecular weight is 340 g/mol. The fourth-order valence-electron chi connectivity index (χ4n) is 2.16. The third kappa shape index (κ3) is 3.52. The van der Waals surface area contributed by atoms with Gasteiger partial charge in [0.2, 0.25) is 0 Å². The maximum atomic E-state index is 12.3. The van der Waals surface area contributed by atoms with Crippen LogP contribution in [0.1, 0.15) is 10.5 Å². The van der Waals surface area contributed by atoms with Gasteiger partial charge < -0.3 is 10.1 Å². The van der Waals surface area contributed by atoms with Crippen molar-refractivity contribution in [3.05, 3.63) is 71.6 Å². The Bertz CT molecular complexity index is 866. The van der Waals surface area contributed by atoms with Gasteiger partial charge in [-0.2, -0.15) is 0 Å². The largest absolute Gasteiger partial charge is 0.497 e. The molecule has 1 amide bonds. The maximum absolute atomic E-state index is 12.3. The molecule has 0 fully saturated rings. The number of amides is 1. The number of ether oxygens (including phenoxy) is 1. The minimum Gasteiger partial charge on any atom is -0.497 e. The molecule has 0 unspecified atom stereocenters. The van der Waals surface area contributed by atoms with Crippen molar-refractivity contribution in [1.29, 1.82) is 0 Å². The topological polar surface area (TPSA) is 64.1 Å². The van der Waals surface area contributed by atoms with Crippen LogP contribution in [-0.2, 0) is 0 Å². The van der Waals surface area contributed by atoms with E-state index in [0.29, 0.717) is 27.8 Å². The van der Waals surface area contributed by atoms with Crippen LogP contribution < -0.4 is 10.1 Å². The van der Waals surface area contributed by atoms with Crippen LogP contribution in [0.5, 0.6) is 5.75 Å². The lowest BCUT2D eigenvalue weighted by molar-refractivity contribution is 0.102. The minimum absolute atomic E-state index is 0.300. The van der Waals surface area contributed by atoms with E-state index in [-0.39, 0.29) is 5.91 Å². The molecule has 6 heteroatoms. The quantitative estimate of drug-likeness (QED) is 0.778. The van der Waals surface area contributed by atoms with Gasteiger partial charge in [-0.1, -0.05) is 17.7 Å². The Hall–Kier alpha value is -2.92. The molecular weight excluding hydrogens is 326 g/mol. The Morgan fingerprint density at radius 3 is 2.71 bits per heavy atom. The van der Waals surface area contributed by atoms with Crippen molar-refractivity contribution in [2.24, 2.45) is 0 Å². The number of hydrogen-bond donors (Lipinski definition) is 1. The highest BCUT2D eigenvalue weighted by Gasteiger charge is 2.10. The lowest BCUT2D eigenvalue weighted by atomic mass is 10.1. The summed E-state index contributed by atoms with van der Waals surface area (Å²) in [6.07, 6.45) is 3.24. The van der Waals surface area contributed by atoms with E-state index in [1.165, 1.54) is 0 Å². The van der Waals surface area contributed by atoms with Crippen molar-refractivity contribution < 1.29 is 9.53 Å². The van der Waals surface area contributed by atoms with Crippen molar-refractivity contribution in [1.82, 2.24) is 9.97 Å². The van der Waals surface area contributed by atoms with Crippen molar-refractivity contribution >= 4 is 23.2 Å². The number of methoxy groups -OCH3 is 1. The number of pyridine rings is 2. The summed E-state index contributed by atoms with van der Waals surface area (Å²) in [6, 6.07) is 14.0. The number of halogens is 1. The van der Waals surface area contributed by atoms with Gasteiger partial charge in [-0.15, -0.1) is 0 Å². The number of rotatable bonds is 4. The summed E-state index contributed by atoms with van der Waals surface area (Å²) < 4.78 is 5.13. The van der Waals surface area contributed by atoms with Gasteiger partial charge in [0.15, 0.2) is 0 Å². The van der Waals surface area contributed by atoms with Crippen LogP contribution in [0.4, 0.5) is 5.69 Å². The minimum atomic E-state index is -0.304. The van der Waals surface area contributed by atoms with Crippen LogP contribution in [-0.4, -0.2) is 23.0 Å². The second-order valence-electron chi connectivity index (χ2n) is 4.95. The molecule has 0 atom stereocenters. The molecule has 0 aliphatic carbocycles. The van der Waals surface area contributed by atoms with Crippen LogP contribution in [0.3, 0.4) is 0 Å². The second-order valence-corrected chi connectivity index (χ2v) is 5.36. The first kappa shape index (κ1) is 16.0. The van der Waals surface area contributed by atoms with Crippen LogP contribution in [0, 0.1) is 0 Å². The van der Waals surface area contributed by atoms with Crippen LogP contribution in [0.25, 0.3) is 11.3 Å². The molecular formula is C18H14ClN3O2. The van der Waals surface area contributed by atoms with Gasteiger partial charge in [0.05, 0.1) is 17.8 Å². The monoisotopic (exact) mass is 339 g/mol. The van der Waals surface area contributed by atoms with E-state index in [4.69, 9.17) is 16.3 Å². The third-order valence-electron chi connectivity index (χ3n) is 3.36. The zero-order valence-corrected chi connectivity index (χ0v) is 13.6. The summed E-state index contributed by atoms with van der Waals surface area (Å²) >= 11 is 6.12. The molecule has 3 aromatic rings. The van der Waals surface area contributed by atoms with Crippen molar-refractivity contribution in [3.8, 4) is 17.0 Å². The lowest BCUT2D eigenvalue weighted by Crippen LogP contribution is -2.13. The first-order chi connectivity index (χ1) is 11.7. The summed E-state index contributed by atoms with van der Waals surface area (Å²) in [7, 11) is 1.57. The SMILES string of the molecule is COc1cccc(NC(=O)c2ccc(-c3ncccc3Cl)cn2)c1. The highest BCUT2D eigenvalue weighted by Crippen LogP contribution is 2.24. The zero-order chi connectivity index (χ0) is 16.9. The Morgan fingerprint density at radius 2 is 2.00 bits per heavy atom. The van der Waals surface area contributed by atoms with E-state index in [2.05, 4.69) is 15.3 Å². The number of benzene rings is 1. The molecule has 2 aromatic heterocycles. The predicted octanol–water partition coefficient (Wildman–Crippen LogP) is 4.06. The van der Waals surface area contributed by atoms with E-state index in [1.54, 1.807) is 68.0 Å². The summed E-state index contributed by atoms with van der Waals surface area (Å²) in [5.74, 6) is 0.364. The van der Waals surface area contributed by atoms with Crippen LogP contribution in [0.2, 0.25) is 5.02 Å². The summed E-state index contributed by atoms with van der Waals surface area (Å²) in [6.45, 7) is 0. The molecule has 5 nitrogen and oxygen atoms in total. The van der Waals surface area contributed by atoms with E-state index in [0.717, 1.165) is 5.56 Å². The molecule has 2 heterocycles. The summed E-state index contributed by atoms with van der Waals surface area (Å²) in [5.41, 5.74) is 2.32. The van der Waals surface area contributed by atoms with Crippen molar-refractivity contribution in [2.45, 2.75) is 0 Å². The number of nitrogens with zero attached hydrogens (tertiary/aromatic N) is 2. The zero-order valence-electron chi connectivity index (χ0n) is 12.9. The average Bonchev–Trinajstić information content (AvgIpc) is 2.62. The molecule has 0 aliphatic rings. The Kier molecular flexibility index (Phi) is 4.72. The highest BCUT2D eigenvalue weighted by atomic mass is 35.5. The van der Waals surface area contributed by atoms with Crippen LogP contribution in [0.15, 0.2) is 60.9 Å². The standard InChI is InChI=1S/C18H14ClN3O2/c1-24-14-5-2-4-13(10-14)22-18(23)16-8-7-12(11-21-16)17-15(19)6-3-9-20-17/h2-11H,1H3,(H,22,23). The third-order valence-corrected chi connectivity index (χ3v) is 3.66. The normalized spacial score (nSPS) is 10.2. The lowest BCUT2D eigenvalue weighted by Gasteiger charge is -2.07. The van der Waals surface area contributed by atoms with Gasteiger partial charge in [-0.3, -0.25) is 14.8 Å². The van der Waals surface area contributed by atoms with Gasteiger partial charge in [0.1, 0.15) is 11.4 Å². The van der Waals surface area contributed by atoms with E-state index >= 15 is 0 Å². The first-order valence-electron chi connectivity index (χ1n) is 7.20. The molecule has 120 valence electrons. The second kappa shape index (κ2) is 7.10. The van der Waals surface area contributed by atoms with Crippen LogP contribution >= 0.6 is 11.6 Å². The molecule has 1 aromatic carbocycles. The number of hydrogen-bond acceptors (Lipinski definition) is 4. The molecule has 0 aliphatic heterocycles. The predicted molar refractivity (Wildman–Crippen MR) is 93.4 cm³/mol. The van der Waals surface area contributed by atoms with E-state index in [9.17, 15) is 4.79 Å². The van der Waals surface area contributed by atoms with Gasteiger partial charge in [0.25, 0.3) is 5.91 Å². The van der Waals surface area contributed by atoms with Gasteiger partial charge in [-0.25, -0.2) is 0 Å². The Balaban J connectivity index is 1.78. The summed E-state index contributed by atoms with van der Waals surface area (Å²) in [4.78, 5) is 20.7. The number of carbonyl (C=O) groups is 1. The van der Waals surface area contributed by atoms with E-state index < -0.39 is 0 Å². The molecule has 0 radical (unpaired) electrons. The van der Waals surface area contributed by atoms with Gasteiger partial charge in [-0.05, 0) is 36.4 Å². The molecule has 1 N–H and O–H groups in total. The van der Waals surface area contributed by atoms with Crippen molar-refractivity contribution in [2.75, 3.05) is 12.4 Å². The molecule has 0 bridgehead atoms. The smallest absolute Gasteiger partial charge is 0.274 e. The molecule has 24 heavy (non-hydrogen) atoms. The highest BCUT2D eigenvalue weighted by molar-refractivity contribution is 6.33. The maximum Gasteiger partial charge on any atom is 0.274 e.